The van der Waals surface area contributed by atoms with E-state index in [1.807, 2.05) is 12.1 Å². The van der Waals surface area contributed by atoms with E-state index in [4.69, 9.17) is 0 Å². The van der Waals surface area contributed by atoms with Crippen molar-refractivity contribution in [2.45, 2.75) is 18.3 Å². The second-order valence-electron chi connectivity index (χ2n) is 4.92. The summed E-state index contributed by atoms with van der Waals surface area (Å²) in [5.41, 5.74) is 1.98. The molecule has 3 rings (SSSR count). The smallest absolute Gasteiger partial charge is 0.0550 e. The highest BCUT2D eigenvalue weighted by atomic mass is 16.3. The largest absolute Gasteiger partial charge is 0.395 e. The first kappa shape index (κ1) is 10.8. The summed E-state index contributed by atoms with van der Waals surface area (Å²) in [4.78, 5) is 0. The van der Waals surface area contributed by atoms with Gasteiger partial charge in [0.25, 0.3) is 0 Å². The van der Waals surface area contributed by atoms with Gasteiger partial charge in [-0.1, -0.05) is 36.4 Å². The highest BCUT2D eigenvalue weighted by Crippen LogP contribution is 2.42. The number of aryl methyl sites for hydroxylation is 1. The highest BCUT2D eigenvalue weighted by molar-refractivity contribution is 5.88. The average Bonchev–Trinajstić information content (AvgIpc) is 2.78. The van der Waals surface area contributed by atoms with Gasteiger partial charge in [0, 0.05) is 5.41 Å². The van der Waals surface area contributed by atoms with Crippen molar-refractivity contribution in [3.63, 3.8) is 0 Å². The van der Waals surface area contributed by atoms with Gasteiger partial charge in [-0.25, -0.2) is 0 Å². The Morgan fingerprint density at radius 2 is 1.76 bits per heavy atom. The Morgan fingerprint density at radius 3 is 2.53 bits per heavy atom. The van der Waals surface area contributed by atoms with Crippen molar-refractivity contribution in [3.05, 3.63) is 47.5 Å². The molecule has 2 aromatic carbocycles. The number of aliphatic hydroxyl groups is 2. The predicted octanol–water partition coefficient (Wildman–Crippen LogP) is 2.01. The van der Waals surface area contributed by atoms with Crippen molar-refractivity contribution in [1.82, 2.24) is 0 Å². The van der Waals surface area contributed by atoms with Crippen LogP contribution in [0.4, 0.5) is 0 Å². The van der Waals surface area contributed by atoms with Crippen LogP contribution in [0.1, 0.15) is 17.5 Å². The van der Waals surface area contributed by atoms with Crippen molar-refractivity contribution in [3.8, 4) is 0 Å². The first-order chi connectivity index (χ1) is 8.30. The Kier molecular flexibility index (Phi) is 2.42. The lowest BCUT2D eigenvalue weighted by atomic mass is 9.81. The molecule has 0 aliphatic heterocycles. The molecule has 88 valence electrons. The summed E-state index contributed by atoms with van der Waals surface area (Å²) in [6.07, 6.45) is 1.78. The van der Waals surface area contributed by atoms with Crippen LogP contribution in [0.2, 0.25) is 0 Å². The minimum absolute atomic E-state index is 0.0184. The van der Waals surface area contributed by atoms with Crippen molar-refractivity contribution >= 4 is 10.8 Å². The van der Waals surface area contributed by atoms with Crippen LogP contribution < -0.4 is 0 Å². The Labute approximate surface area is 101 Å². The van der Waals surface area contributed by atoms with E-state index >= 15 is 0 Å². The number of fused-ring (bicyclic) bond motifs is 3. The van der Waals surface area contributed by atoms with Gasteiger partial charge in [0.1, 0.15) is 0 Å². The minimum Gasteiger partial charge on any atom is -0.395 e. The van der Waals surface area contributed by atoms with Crippen LogP contribution in [-0.4, -0.2) is 23.4 Å². The molecule has 17 heavy (non-hydrogen) atoms. The van der Waals surface area contributed by atoms with E-state index in [1.54, 1.807) is 0 Å². The summed E-state index contributed by atoms with van der Waals surface area (Å²) in [6.45, 7) is 0.0367. The molecule has 0 heterocycles. The van der Waals surface area contributed by atoms with E-state index in [2.05, 4.69) is 24.3 Å². The molecule has 0 fully saturated rings. The normalized spacial score (nSPS) is 17.3. The zero-order chi connectivity index (χ0) is 11.9. The second-order valence-corrected chi connectivity index (χ2v) is 4.92. The molecule has 0 aromatic heterocycles. The maximum Gasteiger partial charge on any atom is 0.0550 e. The first-order valence-corrected chi connectivity index (χ1v) is 6.03. The van der Waals surface area contributed by atoms with Crippen LogP contribution in [0, 0.1) is 0 Å². The maximum atomic E-state index is 9.66. The van der Waals surface area contributed by atoms with Gasteiger partial charge in [-0.15, -0.1) is 0 Å². The molecule has 0 atom stereocenters. The van der Waals surface area contributed by atoms with Crippen molar-refractivity contribution in [2.24, 2.45) is 0 Å². The minimum atomic E-state index is -0.448. The monoisotopic (exact) mass is 228 g/mol. The zero-order valence-corrected chi connectivity index (χ0v) is 9.69. The molecule has 0 saturated carbocycles. The van der Waals surface area contributed by atoms with Crippen molar-refractivity contribution < 1.29 is 10.2 Å². The fourth-order valence-electron chi connectivity index (χ4n) is 3.02. The van der Waals surface area contributed by atoms with Crippen LogP contribution in [0.25, 0.3) is 10.8 Å². The number of benzene rings is 2. The van der Waals surface area contributed by atoms with E-state index in [-0.39, 0.29) is 13.2 Å². The molecule has 0 unspecified atom stereocenters. The third kappa shape index (κ3) is 1.41. The van der Waals surface area contributed by atoms with E-state index in [0.717, 1.165) is 18.4 Å². The lowest BCUT2D eigenvalue weighted by Crippen LogP contribution is -2.32. The van der Waals surface area contributed by atoms with Crippen LogP contribution in [-0.2, 0) is 11.8 Å². The van der Waals surface area contributed by atoms with Gasteiger partial charge in [0.2, 0.25) is 0 Å². The molecule has 0 saturated heterocycles. The summed E-state index contributed by atoms with van der Waals surface area (Å²) >= 11 is 0. The highest BCUT2D eigenvalue weighted by Gasteiger charge is 2.38. The first-order valence-electron chi connectivity index (χ1n) is 6.03. The summed E-state index contributed by atoms with van der Waals surface area (Å²) in [7, 11) is 0. The molecule has 2 aromatic rings. The molecule has 2 nitrogen and oxygen atoms in total. The molecule has 0 amide bonds. The number of rotatable bonds is 2. The topological polar surface area (TPSA) is 40.5 Å². The molecular weight excluding hydrogens is 212 g/mol. The summed E-state index contributed by atoms with van der Waals surface area (Å²) in [6, 6.07) is 12.4. The van der Waals surface area contributed by atoms with E-state index < -0.39 is 5.41 Å². The maximum absolute atomic E-state index is 9.66. The molecule has 1 aliphatic carbocycles. The van der Waals surface area contributed by atoms with Gasteiger partial charge in [0.15, 0.2) is 0 Å². The van der Waals surface area contributed by atoms with Gasteiger partial charge in [0.05, 0.1) is 13.2 Å². The van der Waals surface area contributed by atoms with E-state index in [1.165, 1.54) is 16.3 Å². The Morgan fingerprint density at radius 1 is 1.00 bits per heavy atom. The van der Waals surface area contributed by atoms with Gasteiger partial charge in [-0.05, 0) is 34.7 Å². The summed E-state index contributed by atoms with van der Waals surface area (Å²) < 4.78 is 0. The SMILES string of the molecule is OCC1(CO)CCc2ccc3ccccc3c21. The van der Waals surface area contributed by atoms with Gasteiger partial charge >= 0.3 is 0 Å². The van der Waals surface area contributed by atoms with Gasteiger partial charge in [-0.2, -0.15) is 0 Å². The second kappa shape index (κ2) is 3.83. The van der Waals surface area contributed by atoms with Crippen molar-refractivity contribution in [2.75, 3.05) is 13.2 Å². The molecule has 2 heteroatoms. The third-order valence-corrected chi connectivity index (χ3v) is 4.02. The van der Waals surface area contributed by atoms with Gasteiger partial charge < -0.3 is 10.2 Å². The standard InChI is InChI=1S/C15H16O2/c16-9-15(10-17)8-7-12-6-5-11-3-1-2-4-13(11)14(12)15/h1-6,16-17H,7-10H2. The summed E-state index contributed by atoms with van der Waals surface area (Å²) in [5, 5.41) is 21.7. The molecule has 0 bridgehead atoms. The molecular formula is C15H16O2. The van der Waals surface area contributed by atoms with Crippen LogP contribution in [0.5, 0.6) is 0 Å². The molecule has 0 radical (unpaired) electrons. The quantitative estimate of drug-likeness (QED) is 0.825. The van der Waals surface area contributed by atoms with E-state index in [0.29, 0.717) is 0 Å². The molecule has 1 aliphatic rings. The number of hydrogen-bond donors (Lipinski definition) is 2. The van der Waals surface area contributed by atoms with Crippen molar-refractivity contribution in [1.29, 1.82) is 0 Å². The zero-order valence-electron chi connectivity index (χ0n) is 9.69. The summed E-state index contributed by atoms with van der Waals surface area (Å²) in [5.74, 6) is 0. The number of hydrogen-bond acceptors (Lipinski definition) is 2. The lowest BCUT2D eigenvalue weighted by Gasteiger charge is -2.26. The Balaban J connectivity index is 2.35. The fourth-order valence-corrected chi connectivity index (χ4v) is 3.02. The van der Waals surface area contributed by atoms with Crippen LogP contribution >= 0.6 is 0 Å². The lowest BCUT2D eigenvalue weighted by molar-refractivity contribution is 0.118. The molecule has 0 spiro atoms. The molecule has 2 N–H and O–H groups in total. The van der Waals surface area contributed by atoms with Crippen LogP contribution in [0.15, 0.2) is 36.4 Å². The Bertz CT molecular complexity index is 556. The average molecular weight is 228 g/mol. The number of aliphatic hydroxyl groups excluding tert-OH is 2. The Hall–Kier alpha value is -1.38. The fraction of sp³-hybridized carbons (Fsp3) is 0.333. The van der Waals surface area contributed by atoms with Crippen LogP contribution in [0.3, 0.4) is 0 Å². The van der Waals surface area contributed by atoms with Gasteiger partial charge in [-0.3, -0.25) is 0 Å². The predicted molar refractivity (Wildman–Crippen MR) is 68.1 cm³/mol. The van der Waals surface area contributed by atoms with E-state index in [9.17, 15) is 10.2 Å². The third-order valence-electron chi connectivity index (χ3n) is 4.02.